The second-order valence-electron chi connectivity index (χ2n) is 7.60. The molecule has 0 radical (unpaired) electrons. The van der Waals surface area contributed by atoms with Gasteiger partial charge in [0.1, 0.15) is 23.3 Å². The lowest BCUT2D eigenvalue weighted by Crippen LogP contribution is -2.46. The highest BCUT2D eigenvalue weighted by molar-refractivity contribution is 6.30. The van der Waals surface area contributed by atoms with E-state index in [4.69, 9.17) is 21.1 Å². The van der Waals surface area contributed by atoms with Crippen molar-refractivity contribution in [3.05, 3.63) is 94.5 Å². The van der Waals surface area contributed by atoms with E-state index in [2.05, 4.69) is 0 Å². The highest BCUT2D eigenvalue weighted by atomic mass is 35.5. The second-order valence-corrected chi connectivity index (χ2v) is 8.03. The van der Waals surface area contributed by atoms with E-state index in [0.717, 1.165) is 0 Å². The van der Waals surface area contributed by atoms with Crippen LogP contribution < -0.4 is 9.47 Å². The minimum absolute atomic E-state index is 0.150. The van der Waals surface area contributed by atoms with Gasteiger partial charge >= 0.3 is 11.9 Å². The number of Topliss-reactive ketones (excluding diaryl/α,β-unsaturated/α-hetero) is 2. The molecule has 0 aliphatic carbocycles. The zero-order valence-electron chi connectivity index (χ0n) is 16.5. The Bertz CT molecular complexity index is 1200. The fourth-order valence-corrected chi connectivity index (χ4v) is 4.42. The third kappa shape index (κ3) is 3.20. The van der Waals surface area contributed by atoms with Crippen LogP contribution in [0.5, 0.6) is 11.5 Å². The number of hydrogen-bond donors (Lipinski definition) is 0. The molecule has 2 aliphatic heterocycles. The average molecular weight is 447 g/mol. The van der Waals surface area contributed by atoms with Crippen molar-refractivity contribution in [1.82, 2.24) is 0 Å². The van der Waals surface area contributed by atoms with Crippen LogP contribution in [0.25, 0.3) is 0 Å². The zero-order chi connectivity index (χ0) is 22.4. The van der Waals surface area contributed by atoms with Crippen LogP contribution in [-0.4, -0.2) is 23.5 Å². The molecule has 0 saturated heterocycles. The summed E-state index contributed by atoms with van der Waals surface area (Å²) < 4.78 is 10.8. The van der Waals surface area contributed by atoms with E-state index in [9.17, 15) is 19.2 Å². The van der Waals surface area contributed by atoms with Crippen LogP contribution in [0, 0.1) is 11.8 Å². The Morgan fingerprint density at radius 3 is 1.53 bits per heavy atom. The minimum Gasteiger partial charge on any atom is -0.425 e. The van der Waals surface area contributed by atoms with E-state index in [0.29, 0.717) is 10.6 Å². The van der Waals surface area contributed by atoms with Gasteiger partial charge in [0.2, 0.25) is 0 Å². The molecule has 2 heterocycles. The van der Waals surface area contributed by atoms with Crippen LogP contribution in [0.1, 0.15) is 32.2 Å². The lowest BCUT2D eigenvalue weighted by atomic mass is 9.70. The summed E-state index contributed by atoms with van der Waals surface area (Å²) in [5.74, 6) is -6.33. The first-order chi connectivity index (χ1) is 15.5. The van der Waals surface area contributed by atoms with Gasteiger partial charge in [-0.2, -0.15) is 0 Å². The Balaban J connectivity index is 1.67. The third-order valence-electron chi connectivity index (χ3n) is 5.77. The molecule has 0 fully saturated rings. The molecule has 0 N–H and O–H groups in total. The summed E-state index contributed by atoms with van der Waals surface area (Å²) in [4.78, 5) is 52.9. The van der Waals surface area contributed by atoms with Crippen LogP contribution in [-0.2, 0) is 9.59 Å². The minimum atomic E-state index is -1.40. The summed E-state index contributed by atoms with van der Waals surface area (Å²) in [6, 6.07) is 19.1. The maximum absolute atomic E-state index is 13.4. The molecule has 2 atom stereocenters. The molecule has 7 heteroatoms. The Morgan fingerprint density at radius 2 is 1.06 bits per heavy atom. The molecule has 3 aromatic rings. The molecule has 3 aromatic carbocycles. The highest BCUT2D eigenvalue weighted by Crippen LogP contribution is 2.44. The number of para-hydroxylation sites is 2. The normalized spacial score (nSPS) is 20.7. The second kappa shape index (κ2) is 7.73. The lowest BCUT2D eigenvalue weighted by Gasteiger charge is -2.34. The zero-order valence-corrected chi connectivity index (χ0v) is 17.2. The van der Waals surface area contributed by atoms with Gasteiger partial charge in [-0.15, -0.1) is 0 Å². The SMILES string of the molecule is O=C1Oc2ccccc2C(=O)C1C(c1ccc(Cl)cc1)C1C(=O)Oc2ccccc2C1=O. The molecule has 2 aliphatic rings. The van der Waals surface area contributed by atoms with Crippen LogP contribution >= 0.6 is 11.6 Å². The Hall–Kier alpha value is -3.77. The first kappa shape index (κ1) is 20.2. The predicted octanol–water partition coefficient (Wildman–Crippen LogP) is 4.26. The molecule has 0 bridgehead atoms. The van der Waals surface area contributed by atoms with Gasteiger partial charge in [-0.1, -0.05) is 48.0 Å². The summed E-state index contributed by atoms with van der Waals surface area (Å²) in [7, 11) is 0. The van der Waals surface area contributed by atoms with Crippen molar-refractivity contribution in [3.63, 3.8) is 0 Å². The fraction of sp³-hybridized carbons (Fsp3) is 0.120. The maximum atomic E-state index is 13.4. The number of fused-ring (bicyclic) bond motifs is 2. The number of ketones is 2. The summed E-state index contributed by atoms with van der Waals surface area (Å²) in [5, 5.41) is 0.429. The molecule has 0 aromatic heterocycles. The van der Waals surface area contributed by atoms with Crippen LogP contribution in [0.3, 0.4) is 0 Å². The number of ether oxygens (including phenoxy) is 2. The van der Waals surface area contributed by atoms with Gasteiger partial charge in [0.15, 0.2) is 11.6 Å². The molecule has 0 saturated carbocycles. The predicted molar refractivity (Wildman–Crippen MR) is 114 cm³/mol. The standard InChI is InChI=1S/C25H15ClO6/c26-14-11-9-13(10-12-14)19(20-22(27)15-5-1-3-7-17(15)31-24(20)29)21-23(28)16-6-2-4-8-18(16)32-25(21)30/h1-12,19-21H. The fourth-order valence-electron chi connectivity index (χ4n) is 4.29. The average Bonchev–Trinajstić information content (AvgIpc) is 2.78. The van der Waals surface area contributed by atoms with Gasteiger partial charge in [0.25, 0.3) is 0 Å². The number of benzene rings is 3. The quantitative estimate of drug-likeness (QED) is 0.339. The number of halogens is 1. The van der Waals surface area contributed by atoms with E-state index < -0.39 is 41.3 Å². The van der Waals surface area contributed by atoms with Gasteiger partial charge in [-0.3, -0.25) is 19.2 Å². The van der Waals surface area contributed by atoms with Gasteiger partial charge in [-0.05, 0) is 42.0 Å². The molecule has 0 amide bonds. The third-order valence-corrected chi connectivity index (χ3v) is 6.02. The van der Waals surface area contributed by atoms with Crippen molar-refractivity contribution < 1.29 is 28.7 Å². The number of carbonyl (C=O) groups excluding carboxylic acids is 4. The molecule has 5 rings (SSSR count). The number of hydrogen-bond acceptors (Lipinski definition) is 6. The van der Waals surface area contributed by atoms with Gasteiger partial charge in [0, 0.05) is 10.9 Å². The Kier molecular flexibility index (Phi) is 4.87. The Morgan fingerprint density at radius 1 is 0.625 bits per heavy atom. The lowest BCUT2D eigenvalue weighted by molar-refractivity contribution is -0.142. The topological polar surface area (TPSA) is 86.7 Å². The van der Waals surface area contributed by atoms with Gasteiger partial charge < -0.3 is 9.47 Å². The molecule has 2 unspecified atom stereocenters. The van der Waals surface area contributed by atoms with E-state index in [-0.39, 0.29) is 22.6 Å². The van der Waals surface area contributed by atoms with Crippen molar-refractivity contribution in [2.45, 2.75) is 5.92 Å². The van der Waals surface area contributed by atoms with Crippen LogP contribution in [0.4, 0.5) is 0 Å². The first-order valence-corrected chi connectivity index (χ1v) is 10.3. The molecular weight excluding hydrogens is 432 g/mol. The largest absolute Gasteiger partial charge is 0.425 e. The van der Waals surface area contributed by atoms with E-state index in [1.807, 2.05) is 0 Å². The van der Waals surface area contributed by atoms with Crippen molar-refractivity contribution in [3.8, 4) is 11.5 Å². The van der Waals surface area contributed by atoms with Crippen molar-refractivity contribution in [1.29, 1.82) is 0 Å². The number of esters is 2. The highest BCUT2D eigenvalue weighted by Gasteiger charge is 2.52. The van der Waals surface area contributed by atoms with Gasteiger partial charge in [-0.25, -0.2) is 0 Å². The number of carbonyl (C=O) groups is 4. The first-order valence-electron chi connectivity index (χ1n) is 9.91. The molecule has 32 heavy (non-hydrogen) atoms. The summed E-state index contributed by atoms with van der Waals surface area (Å²) in [5.41, 5.74) is 0.861. The van der Waals surface area contributed by atoms with E-state index >= 15 is 0 Å². The van der Waals surface area contributed by atoms with Crippen molar-refractivity contribution >= 4 is 35.1 Å². The maximum Gasteiger partial charge on any atom is 0.322 e. The van der Waals surface area contributed by atoms with E-state index in [1.54, 1.807) is 60.7 Å². The molecule has 6 nitrogen and oxygen atoms in total. The van der Waals surface area contributed by atoms with E-state index in [1.165, 1.54) is 12.1 Å². The Labute approximate surface area is 187 Å². The summed E-state index contributed by atoms with van der Waals surface area (Å²) >= 11 is 6.02. The van der Waals surface area contributed by atoms with Crippen LogP contribution in [0.15, 0.2) is 72.8 Å². The molecule has 158 valence electrons. The smallest absolute Gasteiger partial charge is 0.322 e. The summed E-state index contributed by atoms with van der Waals surface area (Å²) in [6.45, 7) is 0. The molecular formula is C25H15ClO6. The summed E-state index contributed by atoms with van der Waals surface area (Å²) in [6.07, 6.45) is 0. The van der Waals surface area contributed by atoms with Crippen molar-refractivity contribution in [2.75, 3.05) is 0 Å². The van der Waals surface area contributed by atoms with Crippen LogP contribution in [0.2, 0.25) is 5.02 Å². The molecule has 0 spiro atoms. The monoisotopic (exact) mass is 446 g/mol. The van der Waals surface area contributed by atoms with Crippen molar-refractivity contribution in [2.24, 2.45) is 11.8 Å². The number of rotatable bonds is 3. The van der Waals surface area contributed by atoms with Gasteiger partial charge in [0.05, 0.1) is 11.1 Å².